The average molecular weight is 578 g/mol. The Hall–Kier alpha value is -1.49. The molecule has 3 rings (SSSR count). The normalized spacial score (nSPS) is 18.1. The second-order valence-corrected chi connectivity index (χ2v) is 12.2. The van der Waals surface area contributed by atoms with Gasteiger partial charge in [0, 0.05) is 78.4 Å². The number of sulfonamides is 1. The van der Waals surface area contributed by atoms with E-state index in [2.05, 4.69) is 22.2 Å². The van der Waals surface area contributed by atoms with Gasteiger partial charge in [0.15, 0.2) is 0 Å². The highest BCUT2D eigenvalue weighted by atomic mass is 35.5. The molecule has 2 N–H and O–H groups in total. The van der Waals surface area contributed by atoms with Gasteiger partial charge in [0.1, 0.15) is 4.21 Å². The van der Waals surface area contributed by atoms with Gasteiger partial charge in [-0.25, -0.2) is 13.2 Å². The highest BCUT2D eigenvalue weighted by Crippen LogP contribution is 2.28. The van der Waals surface area contributed by atoms with E-state index in [9.17, 15) is 26.4 Å². The molecule has 1 aromatic rings. The summed E-state index contributed by atoms with van der Waals surface area (Å²) < 4.78 is 60.2. The molecule has 3 heterocycles. The molecule has 0 saturated carbocycles. The van der Waals surface area contributed by atoms with Gasteiger partial charge in [-0.1, -0.05) is 11.6 Å². The molecule has 206 valence electrons. The zero-order chi connectivity index (χ0) is 26.9. The van der Waals surface area contributed by atoms with Gasteiger partial charge in [-0.3, -0.25) is 9.69 Å². The largest absolute Gasteiger partial charge is 0.490 e. The van der Waals surface area contributed by atoms with Crippen molar-refractivity contribution in [3.05, 3.63) is 16.5 Å². The quantitative estimate of drug-likeness (QED) is 0.472. The summed E-state index contributed by atoms with van der Waals surface area (Å²) in [7, 11) is -1.58. The number of thiophene rings is 1. The van der Waals surface area contributed by atoms with Crippen LogP contribution in [0.5, 0.6) is 0 Å². The van der Waals surface area contributed by atoms with Gasteiger partial charge >= 0.3 is 12.1 Å². The van der Waals surface area contributed by atoms with E-state index in [0.29, 0.717) is 30.5 Å². The standard InChI is InChI=1S/C18H30ClN5O3S2.C2HF3O2/c1-21-10-12-22(13-11-21)14-15-24(29(26,27)18-3-2-16(19)28-18)7-4-17(25)23-8-5-20-6-9-23;3-2(4,5)1(6)7/h2-3,20H,4-15H2,1H3;(H,6,7). The number of nitrogens with zero attached hydrogens (tertiary/aromatic N) is 4. The summed E-state index contributed by atoms with van der Waals surface area (Å²) in [4.78, 5) is 27.8. The number of halogens is 4. The second kappa shape index (κ2) is 13.9. The molecule has 0 atom stereocenters. The predicted octanol–water partition coefficient (Wildman–Crippen LogP) is 1.09. The number of carboxylic acid groups (broad SMARTS) is 1. The number of carboxylic acids is 1. The van der Waals surface area contributed by atoms with Crippen molar-refractivity contribution >= 4 is 44.8 Å². The fourth-order valence-corrected chi connectivity index (χ4v) is 6.60. The molecule has 1 amide bonds. The molecule has 2 saturated heterocycles. The van der Waals surface area contributed by atoms with Gasteiger partial charge in [-0.05, 0) is 19.2 Å². The lowest BCUT2D eigenvalue weighted by Crippen LogP contribution is -2.49. The van der Waals surface area contributed by atoms with Gasteiger partial charge in [0.25, 0.3) is 10.0 Å². The third-order valence-electron chi connectivity index (χ3n) is 5.69. The first-order chi connectivity index (χ1) is 16.8. The van der Waals surface area contributed by atoms with Gasteiger partial charge in [0.05, 0.1) is 4.34 Å². The van der Waals surface area contributed by atoms with Crippen molar-refractivity contribution in [3.63, 3.8) is 0 Å². The van der Waals surface area contributed by atoms with E-state index in [1.807, 2.05) is 4.90 Å². The second-order valence-electron chi connectivity index (χ2n) is 8.29. The number of carbonyl (C=O) groups excluding carboxylic acids is 1. The highest BCUT2D eigenvalue weighted by molar-refractivity contribution is 7.91. The first-order valence-electron chi connectivity index (χ1n) is 11.3. The number of amides is 1. The topological polar surface area (TPSA) is 114 Å². The zero-order valence-corrected chi connectivity index (χ0v) is 22.2. The van der Waals surface area contributed by atoms with Crippen LogP contribution in [0.15, 0.2) is 16.3 Å². The Morgan fingerprint density at radius 1 is 1.11 bits per heavy atom. The fourth-order valence-electron chi connectivity index (χ4n) is 3.53. The summed E-state index contributed by atoms with van der Waals surface area (Å²) in [5.41, 5.74) is 0. The number of alkyl halides is 3. The number of carbonyl (C=O) groups is 2. The summed E-state index contributed by atoms with van der Waals surface area (Å²) in [6.07, 6.45) is -4.89. The van der Waals surface area contributed by atoms with Crippen molar-refractivity contribution in [2.24, 2.45) is 0 Å². The number of aliphatic carboxylic acids is 1. The van der Waals surface area contributed by atoms with E-state index in [0.717, 1.165) is 50.6 Å². The first kappa shape index (κ1) is 30.7. The Balaban J connectivity index is 0.000000572. The molecular weight excluding hydrogens is 547 g/mol. The number of likely N-dealkylation sites (N-methyl/N-ethyl adjacent to an activating group) is 1. The third-order valence-corrected chi connectivity index (χ3v) is 9.29. The minimum Gasteiger partial charge on any atom is -0.475 e. The minimum absolute atomic E-state index is 0.00973. The Morgan fingerprint density at radius 3 is 2.19 bits per heavy atom. The molecule has 1 aromatic heterocycles. The molecule has 0 aromatic carbocycles. The summed E-state index contributed by atoms with van der Waals surface area (Å²) >= 11 is 7.03. The smallest absolute Gasteiger partial charge is 0.475 e. The lowest BCUT2D eigenvalue weighted by molar-refractivity contribution is -0.192. The minimum atomic E-state index is -5.08. The maximum absolute atomic E-state index is 13.2. The molecule has 0 aliphatic carbocycles. The summed E-state index contributed by atoms with van der Waals surface area (Å²) in [6, 6.07) is 3.15. The van der Waals surface area contributed by atoms with Gasteiger partial charge in [0.2, 0.25) is 5.91 Å². The van der Waals surface area contributed by atoms with Crippen molar-refractivity contribution < 1.29 is 36.3 Å². The Kier molecular flexibility index (Phi) is 11.9. The van der Waals surface area contributed by atoms with E-state index in [1.54, 1.807) is 12.1 Å². The van der Waals surface area contributed by atoms with Crippen LogP contribution in [0.4, 0.5) is 13.2 Å². The monoisotopic (exact) mass is 577 g/mol. The van der Waals surface area contributed by atoms with Crippen LogP contribution in [0.1, 0.15) is 6.42 Å². The maximum atomic E-state index is 13.2. The Morgan fingerprint density at radius 2 is 1.69 bits per heavy atom. The lowest BCUT2D eigenvalue weighted by Gasteiger charge is -2.34. The van der Waals surface area contributed by atoms with Crippen LogP contribution in [0.2, 0.25) is 4.34 Å². The average Bonchev–Trinajstić information content (AvgIpc) is 3.27. The van der Waals surface area contributed by atoms with E-state index in [-0.39, 0.29) is 23.1 Å². The van der Waals surface area contributed by atoms with E-state index < -0.39 is 22.2 Å². The summed E-state index contributed by atoms with van der Waals surface area (Å²) in [5, 5.41) is 10.3. The molecule has 2 aliphatic heterocycles. The van der Waals surface area contributed by atoms with Crippen LogP contribution in [0, 0.1) is 0 Å². The van der Waals surface area contributed by atoms with E-state index in [4.69, 9.17) is 21.5 Å². The van der Waals surface area contributed by atoms with Crippen molar-refractivity contribution in [1.29, 1.82) is 0 Å². The van der Waals surface area contributed by atoms with E-state index in [1.165, 1.54) is 4.31 Å². The van der Waals surface area contributed by atoms with Crippen LogP contribution in [-0.4, -0.2) is 130 Å². The van der Waals surface area contributed by atoms with Crippen molar-refractivity contribution in [1.82, 2.24) is 24.3 Å². The maximum Gasteiger partial charge on any atom is 0.490 e. The van der Waals surface area contributed by atoms with Gasteiger partial charge in [-0.15, -0.1) is 11.3 Å². The van der Waals surface area contributed by atoms with Crippen LogP contribution in [-0.2, 0) is 19.6 Å². The number of rotatable bonds is 8. The molecule has 2 aliphatic rings. The Labute approximate surface area is 217 Å². The molecule has 0 unspecified atom stereocenters. The van der Waals surface area contributed by atoms with Crippen LogP contribution in [0.3, 0.4) is 0 Å². The highest BCUT2D eigenvalue weighted by Gasteiger charge is 2.38. The van der Waals surface area contributed by atoms with Crippen molar-refractivity contribution in [2.75, 3.05) is 79.0 Å². The molecule has 36 heavy (non-hydrogen) atoms. The SMILES string of the molecule is CN1CCN(CCN(CCC(=O)N2CCNCC2)S(=O)(=O)c2ccc(Cl)s2)CC1.O=C(O)C(F)(F)F. The number of hydrogen-bond acceptors (Lipinski definition) is 8. The number of nitrogens with one attached hydrogen (secondary N) is 1. The molecule has 0 bridgehead atoms. The lowest BCUT2D eigenvalue weighted by atomic mass is 10.3. The van der Waals surface area contributed by atoms with Crippen molar-refractivity contribution in [3.8, 4) is 0 Å². The van der Waals surface area contributed by atoms with Crippen LogP contribution < -0.4 is 5.32 Å². The molecule has 0 spiro atoms. The molecule has 10 nitrogen and oxygen atoms in total. The summed E-state index contributed by atoms with van der Waals surface area (Å²) in [5.74, 6) is -2.75. The van der Waals surface area contributed by atoms with Crippen molar-refractivity contribution in [2.45, 2.75) is 16.8 Å². The van der Waals surface area contributed by atoms with Gasteiger partial charge in [-0.2, -0.15) is 17.5 Å². The summed E-state index contributed by atoms with van der Waals surface area (Å²) in [6.45, 7) is 7.95. The van der Waals surface area contributed by atoms with Crippen LogP contribution in [0.25, 0.3) is 0 Å². The fraction of sp³-hybridized carbons (Fsp3) is 0.700. The van der Waals surface area contributed by atoms with Gasteiger partial charge < -0.3 is 20.2 Å². The molecule has 16 heteroatoms. The Bertz CT molecular complexity index is 965. The molecule has 2 fully saturated rings. The molecule has 0 radical (unpaired) electrons. The number of hydrogen-bond donors (Lipinski definition) is 2. The van der Waals surface area contributed by atoms with E-state index >= 15 is 0 Å². The third kappa shape index (κ3) is 9.76. The molecular formula is C20H31ClF3N5O5S2. The number of piperazine rings is 2. The van der Waals surface area contributed by atoms with Crippen LogP contribution >= 0.6 is 22.9 Å². The zero-order valence-electron chi connectivity index (χ0n) is 19.8. The predicted molar refractivity (Wildman–Crippen MR) is 130 cm³/mol. The first-order valence-corrected chi connectivity index (χ1v) is 13.9.